The van der Waals surface area contributed by atoms with Crippen molar-refractivity contribution in [1.82, 2.24) is 0 Å². The largest absolute Gasteiger partial charge is 0.309 e. The fourth-order valence-corrected chi connectivity index (χ4v) is 9.99. The summed E-state index contributed by atoms with van der Waals surface area (Å²) < 4.78 is 15.8. The van der Waals surface area contributed by atoms with Crippen molar-refractivity contribution in [1.29, 1.82) is 0 Å². The van der Waals surface area contributed by atoms with Gasteiger partial charge in [-0.2, -0.15) is 0 Å². The Hall–Kier alpha value is -2.89. The predicted molar refractivity (Wildman–Crippen MR) is 149 cm³/mol. The molecule has 2 heteroatoms. The molecule has 0 aromatic heterocycles. The Bertz CT molecular complexity index is 1330. The summed E-state index contributed by atoms with van der Waals surface area (Å²) in [6.07, 6.45) is 8.21. The van der Waals surface area contributed by atoms with Crippen molar-refractivity contribution in [2.75, 3.05) is 0 Å². The molecule has 176 valence electrons. The van der Waals surface area contributed by atoms with E-state index in [4.69, 9.17) is 0 Å². The first-order valence-corrected chi connectivity index (χ1v) is 14.8. The monoisotopic (exact) mass is 476 g/mol. The maximum atomic E-state index is 15.8. The number of hydrogen-bond acceptors (Lipinski definition) is 1. The number of rotatable bonds is 4. The molecule has 3 aliphatic rings. The van der Waals surface area contributed by atoms with Crippen LogP contribution in [0.4, 0.5) is 0 Å². The van der Waals surface area contributed by atoms with Crippen LogP contribution < -0.4 is 10.6 Å². The lowest BCUT2D eigenvalue weighted by Gasteiger charge is -2.39. The van der Waals surface area contributed by atoms with Crippen LogP contribution in [0, 0.1) is 5.92 Å². The highest BCUT2D eigenvalue weighted by molar-refractivity contribution is 7.82. The molecule has 1 nitrogen and oxygen atoms in total. The molecule has 3 aliphatic carbocycles. The summed E-state index contributed by atoms with van der Waals surface area (Å²) in [5.41, 5.74) is 8.53. The van der Waals surface area contributed by atoms with Gasteiger partial charge in [-0.3, -0.25) is 0 Å². The molecule has 0 unspecified atom stereocenters. The summed E-state index contributed by atoms with van der Waals surface area (Å²) in [5, 5.41) is 3.08. The quantitative estimate of drug-likeness (QED) is 0.346. The Kier molecular flexibility index (Phi) is 5.99. The zero-order chi connectivity index (χ0) is 23.8. The van der Waals surface area contributed by atoms with Gasteiger partial charge in [0.2, 0.25) is 0 Å². The number of hydrogen-bond donors (Lipinski definition) is 0. The molecular weight excluding hydrogens is 443 g/mol. The summed E-state index contributed by atoms with van der Waals surface area (Å²) in [6, 6.07) is 31.4. The van der Waals surface area contributed by atoms with E-state index < -0.39 is 7.14 Å². The molecule has 3 aromatic rings. The lowest BCUT2D eigenvalue weighted by molar-refractivity contribution is 0.586. The zero-order valence-electron chi connectivity index (χ0n) is 20.5. The van der Waals surface area contributed by atoms with Gasteiger partial charge in [-0.05, 0) is 79.7 Å². The smallest absolute Gasteiger partial charge is 0.171 e. The van der Waals surface area contributed by atoms with Gasteiger partial charge in [0.25, 0.3) is 0 Å². The summed E-state index contributed by atoms with van der Waals surface area (Å²) in [7, 11) is -3.08. The second kappa shape index (κ2) is 9.29. The Morgan fingerprint density at radius 1 is 0.686 bits per heavy atom. The summed E-state index contributed by atoms with van der Waals surface area (Å²) in [5.74, 6) is 0.391. The summed E-state index contributed by atoms with van der Waals surface area (Å²) >= 11 is 0. The molecule has 0 amide bonds. The van der Waals surface area contributed by atoms with Crippen LogP contribution in [-0.4, -0.2) is 0 Å². The van der Waals surface area contributed by atoms with Gasteiger partial charge in [-0.1, -0.05) is 96.6 Å². The maximum Gasteiger partial charge on any atom is 0.171 e. The van der Waals surface area contributed by atoms with Gasteiger partial charge in [-0.25, -0.2) is 0 Å². The third kappa shape index (κ3) is 3.73. The van der Waals surface area contributed by atoms with Gasteiger partial charge >= 0.3 is 0 Å². The van der Waals surface area contributed by atoms with Gasteiger partial charge in [0.1, 0.15) is 0 Å². The van der Waals surface area contributed by atoms with Gasteiger partial charge in [0.15, 0.2) is 7.14 Å². The van der Waals surface area contributed by atoms with E-state index in [9.17, 15) is 0 Å². The van der Waals surface area contributed by atoms with E-state index in [1.165, 1.54) is 59.7 Å². The fourth-order valence-electron chi connectivity index (χ4n) is 6.70. The normalized spacial score (nSPS) is 21.6. The molecule has 0 aliphatic heterocycles. The Balaban J connectivity index is 1.73. The van der Waals surface area contributed by atoms with Crippen molar-refractivity contribution in [3.05, 3.63) is 124 Å². The lowest BCUT2D eigenvalue weighted by Crippen LogP contribution is -2.26. The average Bonchev–Trinajstić information content (AvgIpc) is 3.43. The van der Waals surface area contributed by atoms with Gasteiger partial charge in [-0.15, -0.1) is 0 Å². The molecule has 2 fully saturated rings. The highest BCUT2D eigenvalue weighted by Gasteiger charge is 2.45. The van der Waals surface area contributed by atoms with Crippen molar-refractivity contribution >= 4 is 23.3 Å². The van der Waals surface area contributed by atoms with Crippen LogP contribution >= 0.6 is 7.14 Å². The molecule has 0 spiro atoms. The van der Waals surface area contributed by atoms with Crippen molar-refractivity contribution in [2.24, 2.45) is 5.92 Å². The van der Waals surface area contributed by atoms with Crippen LogP contribution in [-0.2, 0) is 4.57 Å². The van der Waals surface area contributed by atoms with E-state index >= 15 is 4.57 Å². The molecule has 0 heterocycles. The van der Waals surface area contributed by atoms with Crippen LogP contribution in [0.5, 0.6) is 0 Å². The fraction of sp³-hybridized carbons (Fsp3) is 0.273. The molecule has 1 atom stereocenters. The standard InChI is InChI=1S/C33H33OP/c1-24(25-14-5-2-6-15-25)32-30-23-13-22-28(30)29-20-11-12-21-31(29)33(32)35(34,26-16-7-3-8-17-26)27-18-9-4-10-19-27/h2-10,14-19,30H,11-13,20-23H2,1H3/b32-24+/t30-/m0/s1. The molecule has 0 saturated heterocycles. The van der Waals surface area contributed by atoms with Crippen LogP contribution in [0.25, 0.3) is 5.57 Å². The summed E-state index contributed by atoms with van der Waals surface area (Å²) in [6.45, 7) is 2.27. The number of allylic oxidation sites excluding steroid dienone is 6. The molecule has 0 N–H and O–H groups in total. The van der Waals surface area contributed by atoms with E-state index in [1.807, 2.05) is 36.4 Å². The van der Waals surface area contributed by atoms with Crippen LogP contribution in [0.1, 0.15) is 57.4 Å². The van der Waals surface area contributed by atoms with Crippen LogP contribution in [0.3, 0.4) is 0 Å². The minimum absolute atomic E-state index is 0.391. The average molecular weight is 477 g/mol. The number of benzene rings is 3. The maximum absolute atomic E-state index is 15.8. The third-order valence-corrected chi connectivity index (χ3v) is 11.5. The third-order valence-electron chi connectivity index (χ3n) is 8.27. The van der Waals surface area contributed by atoms with E-state index in [-0.39, 0.29) is 0 Å². The highest BCUT2D eigenvalue weighted by atomic mass is 31.2. The topological polar surface area (TPSA) is 17.1 Å². The second-order valence-corrected chi connectivity index (χ2v) is 12.9. The zero-order valence-corrected chi connectivity index (χ0v) is 21.4. The van der Waals surface area contributed by atoms with E-state index in [0.29, 0.717) is 5.92 Å². The first-order valence-electron chi connectivity index (χ1n) is 13.1. The van der Waals surface area contributed by atoms with E-state index in [1.54, 1.807) is 11.1 Å². The van der Waals surface area contributed by atoms with Crippen LogP contribution in [0.2, 0.25) is 0 Å². The first kappa shape index (κ1) is 22.6. The van der Waals surface area contributed by atoms with Crippen molar-refractivity contribution in [2.45, 2.75) is 51.9 Å². The number of fused-ring (bicyclic) bond motifs is 2. The van der Waals surface area contributed by atoms with Gasteiger partial charge < -0.3 is 4.57 Å². The predicted octanol–water partition coefficient (Wildman–Crippen LogP) is 8.41. The Morgan fingerprint density at radius 3 is 1.83 bits per heavy atom. The minimum Gasteiger partial charge on any atom is -0.309 e. The SMILES string of the molecule is C/C(=C1\C(P(=O)(c2ccccc2)c2ccccc2)=C2CCCCC2=C2CCC[C@@H]21)c1ccccc1. The van der Waals surface area contributed by atoms with Crippen LogP contribution in [0.15, 0.2) is 119 Å². The minimum atomic E-state index is -3.08. The second-order valence-electron chi connectivity index (χ2n) is 10.2. The lowest BCUT2D eigenvalue weighted by atomic mass is 9.74. The molecule has 3 aromatic carbocycles. The van der Waals surface area contributed by atoms with Gasteiger partial charge in [0.05, 0.1) is 0 Å². The highest BCUT2D eigenvalue weighted by Crippen LogP contribution is 2.65. The van der Waals surface area contributed by atoms with Crippen molar-refractivity contribution in [3.8, 4) is 0 Å². The van der Waals surface area contributed by atoms with Crippen molar-refractivity contribution < 1.29 is 4.57 Å². The Morgan fingerprint density at radius 2 is 1.23 bits per heavy atom. The molecule has 35 heavy (non-hydrogen) atoms. The first-order chi connectivity index (χ1) is 17.2. The van der Waals surface area contributed by atoms with Gasteiger partial charge in [0, 0.05) is 21.8 Å². The van der Waals surface area contributed by atoms with Crippen molar-refractivity contribution in [3.63, 3.8) is 0 Å². The molecular formula is C33H33OP. The molecule has 6 rings (SSSR count). The van der Waals surface area contributed by atoms with E-state index in [0.717, 1.165) is 23.5 Å². The molecule has 2 saturated carbocycles. The van der Waals surface area contributed by atoms with E-state index in [2.05, 4.69) is 61.5 Å². The molecule has 0 radical (unpaired) electrons. The summed E-state index contributed by atoms with van der Waals surface area (Å²) in [4.78, 5) is 0. The molecule has 0 bridgehead atoms. The Labute approximate surface area is 209 Å².